The zero-order valence-electron chi connectivity index (χ0n) is 13.6. The number of nitrogens with one attached hydrogen (secondary N) is 1. The third-order valence-electron chi connectivity index (χ3n) is 5.38. The van der Waals surface area contributed by atoms with Crippen LogP contribution in [-0.2, 0) is 21.4 Å². The highest BCUT2D eigenvalue weighted by Crippen LogP contribution is 2.38. The van der Waals surface area contributed by atoms with E-state index >= 15 is 0 Å². The van der Waals surface area contributed by atoms with Crippen molar-refractivity contribution in [1.29, 1.82) is 0 Å². The summed E-state index contributed by atoms with van der Waals surface area (Å²) in [5, 5.41) is 10.1. The summed E-state index contributed by atoms with van der Waals surface area (Å²) < 4.78 is 40.5. The lowest BCUT2D eigenvalue weighted by Crippen LogP contribution is -2.33. The van der Waals surface area contributed by atoms with E-state index in [0.29, 0.717) is 22.3 Å². The second-order valence-corrected chi connectivity index (χ2v) is 8.66. The van der Waals surface area contributed by atoms with Crippen molar-refractivity contribution in [3.8, 4) is 5.75 Å². The van der Waals surface area contributed by atoms with Crippen LogP contribution in [0.5, 0.6) is 5.75 Å². The Morgan fingerprint density at radius 2 is 2.12 bits per heavy atom. The first kappa shape index (κ1) is 16.6. The summed E-state index contributed by atoms with van der Waals surface area (Å²) in [5.41, 5.74) is 0.125. The van der Waals surface area contributed by atoms with Gasteiger partial charge < -0.3 is 5.11 Å². The molecule has 1 aliphatic carbocycles. The molecule has 2 atom stereocenters. The largest absolute Gasteiger partial charge is 0.506 e. The van der Waals surface area contributed by atoms with Crippen molar-refractivity contribution in [1.82, 2.24) is 9.62 Å². The molecular weight excluding hydrogens is 349 g/mol. The van der Waals surface area contributed by atoms with Gasteiger partial charge in [0.15, 0.2) is 5.82 Å². The van der Waals surface area contributed by atoms with Crippen LogP contribution in [0.15, 0.2) is 12.1 Å². The number of likely N-dealkylation sites (tertiary alicyclic amines) is 1. The molecule has 2 aliphatic heterocycles. The van der Waals surface area contributed by atoms with Gasteiger partial charge in [-0.15, -0.1) is 0 Å². The summed E-state index contributed by atoms with van der Waals surface area (Å²) in [7, 11) is -4.15. The van der Waals surface area contributed by atoms with Gasteiger partial charge in [-0.1, -0.05) is 0 Å². The average molecular weight is 369 g/mol. The van der Waals surface area contributed by atoms with Gasteiger partial charge in [0, 0.05) is 19.1 Å². The molecule has 0 radical (unpaired) electrons. The lowest BCUT2D eigenvalue weighted by molar-refractivity contribution is -0.117. The molecule has 3 aliphatic rings. The van der Waals surface area contributed by atoms with Gasteiger partial charge in [-0.3, -0.25) is 9.69 Å². The van der Waals surface area contributed by atoms with Crippen molar-refractivity contribution in [3.63, 3.8) is 0 Å². The van der Waals surface area contributed by atoms with E-state index in [2.05, 4.69) is 4.90 Å². The maximum absolute atomic E-state index is 14.5. The molecule has 4 rings (SSSR count). The number of rotatable bonds is 4. The van der Waals surface area contributed by atoms with Crippen LogP contribution in [0.4, 0.5) is 10.1 Å². The van der Waals surface area contributed by atoms with Crippen molar-refractivity contribution < 1.29 is 22.7 Å². The first-order chi connectivity index (χ1) is 11.8. The number of carbonyl (C=O) groups is 1. The number of halogens is 1. The van der Waals surface area contributed by atoms with Crippen LogP contribution in [0.3, 0.4) is 0 Å². The third kappa shape index (κ3) is 2.95. The quantitative estimate of drug-likeness (QED) is 0.817. The topological polar surface area (TPSA) is 90.0 Å². The summed E-state index contributed by atoms with van der Waals surface area (Å²) in [4.78, 5) is 13.7. The molecule has 2 saturated heterocycles. The molecule has 136 valence electrons. The van der Waals surface area contributed by atoms with Gasteiger partial charge in [-0.2, -0.15) is 8.42 Å². The minimum Gasteiger partial charge on any atom is -0.506 e. The van der Waals surface area contributed by atoms with Crippen molar-refractivity contribution >= 4 is 21.8 Å². The zero-order valence-corrected chi connectivity index (χ0v) is 14.4. The van der Waals surface area contributed by atoms with E-state index in [9.17, 15) is 22.7 Å². The number of aromatic hydroxyl groups is 1. The molecule has 3 fully saturated rings. The highest BCUT2D eigenvalue weighted by molar-refractivity contribution is 7.92. The van der Waals surface area contributed by atoms with E-state index in [1.54, 1.807) is 4.72 Å². The number of carbonyl (C=O) groups excluding carboxylic acids is 1. The van der Waals surface area contributed by atoms with Crippen LogP contribution in [0, 0.1) is 11.7 Å². The SMILES string of the molecule is O=C1CN(c2c(O)cc(CCN3CC4CCC3C4)cc2F)S(=O)(=O)N1. The predicted octanol–water partition coefficient (Wildman–Crippen LogP) is 0.739. The molecule has 9 heteroatoms. The number of benzene rings is 1. The van der Waals surface area contributed by atoms with E-state index in [1.165, 1.54) is 31.4 Å². The fraction of sp³-hybridized carbons (Fsp3) is 0.562. The first-order valence-corrected chi connectivity index (χ1v) is 9.86. The number of phenols is 1. The van der Waals surface area contributed by atoms with E-state index in [4.69, 9.17) is 0 Å². The summed E-state index contributed by atoms with van der Waals surface area (Å²) in [6, 6.07) is 3.24. The van der Waals surface area contributed by atoms with Crippen molar-refractivity contribution in [2.45, 2.75) is 31.7 Å². The molecule has 25 heavy (non-hydrogen) atoms. The summed E-state index contributed by atoms with van der Waals surface area (Å²) in [6.07, 6.45) is 4.34. The number of hydrogen-bond donors (Lipinski definition) is 2. The Bertz CT molecular complexity index is 806. The molecule has 1 aromatic carbocycles. The number of anilines is 1. The van der Waals surface area contributed by atoms with Gasteiger partial charge in [0.25, 0.3) is 5.91 Å². The number of phenolic OH excluding ortho intramolecular Hbond substituents is 1. The van der Waals surface area contributed by atoms with Gasteiger partial charge >= 0.3 is 10.2 Å². The molecule has 1 saturated carbocycles. The molecule has 1 aromatic rings. The number of hydrogen-bond acceptors (Lipinski definition) is 5. The summed E-state index contributed by atoms with van der Waals surface area (Å²) in [5.74, 6) is -1.30. The first-order valence-electron chi connectivity index (χ1n) is 8.42. The number of nitrogens with zero attached hydrogens (tertiary/aromatic N) is 2. The summed E-state index contributed by atoms with van der Waals surface area (Å²) in [6.45, 7) is 1.33. The molecule has 0 spiro atoms. The number of fused-ring (bicyclic) bond motifs is 2. The Balaban J connectivity index is 1.51. The van der Waals surface area contributed by atoms with E-state index in [0.717, 1.165) is 19.0 Å². The van der Waals surface area contributed by atoms with Crippen molar-refractivity contribution in [3.05, 3.63) is 23.5 Å². The normalized spacial score (nSPS) is 27.9. The fourth-order valence-corrected chi connectivity index (χ4v) is 5.42. The highest BCUT2D eigenvalue weighted by Gasteiger charge is 2.38. The van der Waals surface area contributed by atoms with E-state index in [1.807, 2.05) is 0 Å². The van der Waals surface area contributed by atoms with Gasteiger partial charge in [0.1, 0.15) is 18.0 Å². The molecule has 2 unspecified atom stereocenters. The second kappa shape index (κ2) is 5.84. The molecular formula is C16H20FN3O4S. The van der Waals surface area contributed by atoms with Crippen LogP contribution in [0.1, 0.15) is 24.8 Å². The molecule has 2 heterocycles. The second-order valence-electron chi connectivity index (χ2n) is 7.06. The monoisotopic (exact) mass is 369 g/mol. The van der Waals surface area contributed by atoms with Gasteiger partial charge in [-0.25, -0.2) is 13.4 Å². The minimum absolute atomic E-state index is 0.474. The Hall–Kier alpha value is -1.87. The summed E-state index contributed by atoms with van der Waals surface area (Å²) >= 11 is 0. The maximum Gasteiger partial charge on any atom is 0.326 e. The lowest BCUT2D eigenvalue weighted by atomic mass is 10.1. The molecule has 0 aromatic heterocycles. The Morgan fingerprint density at radius 1 is 1.32 bits per heavy atom. The number of amides is 1. The third-order valence-corrected chi connectivity index (χ3v) is 6.76. The van der Waals surface area contributed by atoms with Crippen LogP contribution in [-0.4, -0.2) is 50.0 Å². The van der Waals surface area contributed by atoms with Crippen molar-refractivity contribution in [2.24, 2.45) is 5.92 Å². The average Bonchev–Trinajstić information content (AvgIpc) is 3.19. The Kier molecular flexibility index (Phi) is 3.88. The van der Waals surface area contributed by atoms with Gasteiger partial charge in [-0.05, 0) is 49.3 Å². The van der Waals surface area contributed by atoms with Crippen LogP contribution < -0.4 is 9.03 Å². The highest BCUT2D eigenvalue weighted by atomic mass is 32.2. The van der Waals surface area contributed by atoms with Crippen LogP contribution in [0.25, 0.3) is 0 Å². The molecule has 2 bridgehead atoms. The van der Waals surface area contributed by atoms with E-state index < -0.39 is 39.9 Å². The minimum atomic E-state index is -4.15. The Morgan fingerprint density at radius 3 is 2.68 bits per heavy atom. The number of piperidine rings is 1. The van der Waals surface area contributed by atoms with Gasteiger partial charge in [0.05, 0.1) is 0 Å². The van der Waals surface area contributed by atoms with Crippen molar-refractivity contribution in [2.75, 3.05) is 23.9 Å². The fourth-order valence-electron chi connectivity index (χ4n) is 4.25. The molecule has 7 nitrogen and oxygen atoms in total. The predicted molar refractivity (Wildman–Crippen MR) is 88.9 cm³/mol. The van der Waals surface area contributed by atoms with E-state index in [-0.39, 0.29) is 0 Å². The zero-order chi connectivity index (χ0) is 17.8. The van der Waals surface area contributed by atoms with Crippen LogP contribution in [0.2, 0.25) is 0 Å². The molecule has 2 N–H and O–H groups in total. The molecule has 1 amide bonds. The Labute approximate surface area is 145 Å². The smallest absolute Gasteiger partial charge is 0.326 e. The van der Waals surface area contributed by atoms with Gasteiger partial charge in [0.2, 0.25) is 0 Å². The maximum atomic E-state index is 14.5. The standard InChI is InChI=1S/C16H20FN3O4S/c17-13-6-10(3-4-19-8-11-1-2-12(19)5-11)7-14(21)16(13)20-9-15(22)18-25(20,23)24/h6-7,11-12,21H,1-5,8-9H2,(H,18,22). The lowest BCUT2D eigenvalue weighted by Gasteiger charge is -2.26. The van der Waals surface area contributed by atoms with Crippen LogP contribution >= 0.6 is 0 Å².